The van der Waals surface area contributed by atoms with E-state index in [2.05, 4.69) is 193 Å². The van der Waals surface area contributed by atoms with Crippen LogP contribution in [0.2, 0.25) is 0 Å². The molecule has 12 rings (SSSR count). The first-order valence-electron chi connectivity index (χ1n) is 21.1. The summed E-state index contributed by atoms with van der Waals surface area (Å²) in [6.07, 6.45) is 4.47. The van der Waals surface area contributed by atoms with Crippen molar-refractivity contribution in [3.05, 3.63) is 229 Å². The van der Waals surface area contributed by atoms with Crippen molar-refractivity contribution < 1.29 is 4.42 Å². The molecule has 0 bridgehead atoms. The van der Waals surface area contributed by atoms with E-state index in [1.54, 1.807) is 0 Å². The highest BCUT2D eigenvalue weighted by Gasteiger charge is 2.44. The summed E-state index contributed by atoms with van der Waals surface area (Å²) in [5, 5.41) is 1.03. The van der Waals surface area contributed by atoms with Crippen molar-refractivity contribution in [2.24, 2.45) is 0 Å². The van der Waals surface area contributed by atoms with E-state index in [0.717, 1.165) is 55.8 Å². The number of anilines is 2. The molecule has 8 aromatic carbocycles. The zero-order valence-electron chi connectivity index (χ0n) is 33.6. The lowest BCUT2D eigenvalue weighted by atomic mass is 9.81. The summed E-state index contributed by atoms with van der Waals surface area (Å²) in [7, 11) is 0. The van der Waals surface area contributed by atoms with E-state index in [-0.39, 0.29) is 12.0 Å². The van der Waals surface area contributed by atoms with E-state index in [0.29, 0.717) is 17.5 Å². The van der Waals surface area contributed by atoms with Crippen LogP contribution in [0, 0.1) is 0 Å². The van der Waals surface area contributed by atoms with E-state index >= 15 is 0 Å². The van der Waals surface area contributed by atoms with Crippen molar-refractivity contribution in [1.29, 1.82) is 0 Å². The molecule has 5 nitrogen and oxygen atoms in total. The Bertz CT molecular complexity index is 3300. The number of furan rings is 1. The van der Waals surface area contributed by atoms with Gasteiger partial charge in [-0.15, -0.1) is 0 Å². The third-order valence-corrected chi connectivity index (χ3v) is 12.3. The minimum atomic E-state index is -0.000123. The maximum absolute atomic E-state index is 6.75. The molecule has 10 aromatic rings. The third-order valence-electron chi connectivity index (χ3n) is 12.3. The fourth-order valence-electron chi connectivity index (χ4n) is 9.43. The number of para-hydroxylation sites is 1. The van der Waals surface area contributed by atoms with Crippen molar-refractivity contribution in [2.45, 2.75) is 12.0 Å². The number of benzene rings is 8. The van der Waals surface area contributed by atoms with E-state index in [4.69, 9.17) is 19.4 Å². The standard InChI is InChI=1S/C57H38N4O/c1-4-15-37(16-5-1)39-29-31-40(32-30-39)43-22-13-24-45(36-43)61-48-27-11-10-25-46(48)52-49(61)33-34-51-54(52)53-47(26-14-28-50(53)62-51)57-59-55(41-19-8-3-9-20-41)58-56(60-57)44-23-12-21-42(35-44)38-17-6-2-7-18-38/h1-36,49,52H. The molecular weight excluding hydrogens is 757 g/mol. The minimum absolute atomic E-state index is 0.000123. The summed E-state index contributed by atoms with van der Waals surface area (Å²) in [6, 6.07) is 72.4. The number of hydrogen-bond acceptors (Lipinski definition) is 5. The number of aromatic nitrogens is 3. The first-order valence-corrected chi connectivity index (χ1v) is 21.1. The van der Waals surface area contributed by atoms with Crippen LogP contribution in [-0.4, -0.2) is 21.0 Å². The highest BCUT2D eigenvalue weighted by atomic mass is 16.3. The number of fused-ring (bicyclic) bond motifs is 7. The van der Waals surface area contributed by atoms with Gasteiger partial charge in [-0.2, -0.15) is 0 Å². The molecule has 3 heterocycles. The summed E-state index contributed by atoms with van der Waals surface area (Å²) >= 11 is 0. The molecule has 2 atom stereocenters. The Morgan fingerprint density at radius 1 is 0.419 bits per heavy atom. The Morgan fingerprint density at radius 2 is 0.952 bits per heavy atom. The number of nitrogens with zero attached hydrogens (tertiary/aromatic N) is 4. The van der Waals surface area contributed by atoms with Crippen LogP contribution in [0.25, 0.3) is 84.6 Å². The van der Waals surface area contributed by atoms with Gasteiger partial charge < -0.3 is 9.32 Å². The third kappa shape index (κ3) is 6.13. The molecule has 292 valence electrons. The van der Waals surface area contributed by atoms with Crippen molar-refractivity contribution in [3.63, 3.8) is 0 Å². The highest BCUT2D eigenvalue weighted by Crippen LogP contribution is 2.54. The zero-order chi connectivity index (χ0) is 41.0. The molecule has 0 saturated heterocycles. The number of rotatable bonds is 7. The average Bonchev–Trinajstić information content (AvgIpc) is 3.91. The van der Waals surface area contributed by atoms with Crippen LogP contribution >= 0.6 is 0 Å². The van der Waals surface area contributed by atoms with Gasteiger partial charge in [-0.25, -0.2) is 15.0 Å². The quantitative estimate of drug-likeness (QED) is 0.161. The topological polar surface area (TPSA) is 55.1 Å². The molecule has 2 aromatic heterocycles. The van der Waals surface area contributed by atoms with Gasteiger partial charge in [-0.1, -0.05) is 182 Å². The van der Waals surface area contributed by atoms with Gasteiger partial charge in [0.1, 0.15) is 11.3 Å². The Morgan fingerprint density at radius 3 is 1.69 bits per heavy atom. The fraction of sp³-hybridized carbons (Fsp3) is 0.0351. The molecule has 5 heteroatoms. The van der Waals surface area contributed by atoms with Crippen molar-refractivity contribution >= 4 is 28.4 Å². The summed E-state index contributed by atoms with van der Waals surface area (Å²) in [6.45, 7) is 0. The lowest BCUT2D eigenvalue weighted by molar-refractivity contribution is 0.584. The Kier molecular flexibility index (Phi) is 8.56. The molecule has 1 aliphatic carbocycles. The van der Waals surface area contributed by atoms with Gasteiger partial charge in [0.2, 0.25) is 0 Å². The first kappa shape index (κ1) is 35.8. The molecule has 1 aliphatic heterocycles. The summed E-state index contributed by atoms with van der Waals surface area (Å²) < 4.78 is 6.75. The summed E-state index contributed by atoms with van der Waals surface area (Å²) in [5.74, 6) is 2.71. The Balaban J connectivity index is 0.979. The van der Waals surface area contributed by atoms with Crippen LogP contribution in [0.5, 0.6) is 0 Å². The molecular formula is C57H38N4O. The molecule has 0 fully saturated rings. The predicted molar refractivity (Wildman–Crippen MR) is 252 cm³/mol. The van der Waals surface area contributed by atoms with Gasteiger partial charge in [-0.3, -0.25) is 0 Å². The van der Waals surface area contributed by atoms with Crippen LogP contribution in [0.1, 0.15) is 22.8 Å². The maximum Gasteiger partial charge on any atom is 0.164 e. The molecule has 0 spiro atoms. The van der Waals surface area contributed by atoms with Crippen LogP contribution in [-0.2, 0) is 0 Å². The molecule has 0 N–H and O–H groups in total. The normalized spacial score (nSPS) is 15.0. The second-order valence-corrected chi connectivity index (χ2v) is 15.9. The SMILES string of the molecule is C1=CC2C(c3ccccc3N2c2cccc(-c3ccc(-c4ccccc4)cc3)c2)c2c1oc1cccc(-c3nc(-c4ccccc4)nc(-c4cccc(-c5ccccc5)c4)n3)c21. The molecule has 2 unspecified atom stereocenters. The van der Waals surface area contributed by atoms with Crippen LogP contribution in [0.3, 0.4) is 0 Å². The average molecular weight is 795 g/mol. The molecule has 0 saturated carbocycles. The van der Waals surface area contributed by atoms with Crippen LogP contribution < -0.4 is 4.90 Å². The van der Waals surface area contributed by atoms with E-state index in [1.165, 1.54) is 33.5 Å². The van der Waals surface area contributed by atoms with Gasteiger partial charge in [0.15, 0.2) is 17.5 Å². The maximum atomic E-state index is 6.75. The minimum Gasteiger partial charge on any atom is -0.456 e. The number of hydrogen-bond donors (Lipinski definition) is 0. The van der Waals surface area contributed by atoms with E-state index < -0.39 is 0 Å². The molecule has 62 heavy (non-hydrogen) atoms. The predicted octanol–water partition coefficient (Wildman–Crippen LogP) is 14.3. The van der Waals surface area contributed by atoms with E-state index in [9.17, 15) is 0 Å². The Labute approximate surface area is 360 Å². The van der Waals surface area contributed by atoms with Gasteiger partial charge in [0, 0.05) is 44.9 Å². The van der Waals surface area contributed by atoms with Crippen molar-refractivity contribution in [1.82, 2.24) is 15.0 Å². The molecule has 0 radical (unpaired) electrons. The van der Waals surface area contributed by atoms with Crippen molar-refractivity contribution in [3.8, 4) is 67.5 Å². The summed E-state index contributed by atoms with van der Waals surface area (Å²) in [4.78, 5) is 18.1. The smallest absolute Gasteiger partial charge is 0.164 e. The zero-order valence-corrected chi connectivity index (χ0v) is 33.6. The second-order valence-electron chi connectivity index (χ2n) is 15.9. The first-order chi connectivity index (χ1) is 30.7. The second kappa shape index (κ2) is 14.8. The Hall–Kier alpha value is -8.15. The monoisotopic (exact) mass is 794 g/mol. The van der Waals surface area contributed by atoms with Gasteiger partial charge in [-0.05, 0) is 75.4 Å². The van der Waals surface area contributed by atoms with Gasteiger partial charge >= 0.3 is 0 Å². The lowest BCUT2D eigenvalue weighted by Crippen LogP contribution is -2.30. The van der Waals surface area contributed by atoms with E-state index in [1.807, 2.05) is 30.3 Å². The van der Waals surface area contributed by atoms with Crippen molar-refractivity contribution in [2.75, 3.05) is 4.90 Å². The molecule has 2 aliphatic rings. The van der Waals surface area contributed by atoms with Gasteiger partial charge in [0.25, 0.3) is 0 Å². The highest BCUT2D eigenvalue weighted by molar-refractivity contribution is 6.00. The fourth-order valence-corrected chi connectivity index (χ4v) is 9.43. The van der Waals surface area contributed by atoms with Crippen LogP contribution in [0.15, 0.2) is 217 Å². The van der Waals surface area contributed by atoms with Crippen LogP contribution in [0.4, 0.5) is 11.4 Å². The summed E-state index contributed by atoms with van der Waals surface area (Å²) in [5.41, 5.74) is 15.3. The molecule has 0 amide bonds. The van der Waals surface area contributed by atoms with Gasteiger partial charge in [0.05, 0.1) is 6.04 Å². The largest absolute Gasteiger partial charge is 0.456 e. The lowest BCUT2D eigenvalue weighted by Gasteiger charge is -2.30.